The van der Waals surface area contributed by atoms with E-state index < -0.39 is 0 Å². The van der Waals surface area contributed by atoms with Gasteiger partial charge in [-0.25, -0.2) is 4.98 Å². The number of pyridine rings is 1. The van der Waals surface area contributed by atoms with E-state index in [9.17, 15) is 14.4 Å². The molecule has 1 aliphatic rings. The normalized spacial score (nSPS) is 14.4. The third kappa shape index (κ3) is 4.08. The van der Waals surface area contributed by atoms with Gasteiger partial charge in [0.1, 0.15) is 0 Å². The zero-order chi connectivity index (χ0) is 16.9. The number of carbonyl (C=O) groups excluding carboxylic acids is 2. The van der Waals surface area contributed by atoms with Crippen molar-refractivity contribution in [2.75, 3.05) is 18.4 Å². The van der Waals surface area contributed by atoms with Gasteiger partial charge in [0.15, 0.2) is 5.13 Å². The summed E-state index contributed by atoms with van der Waals surface area (Å²) in [6.45, 7) is 1.64. The maximum Gasteiger partial charge on any atom is 0.258 e. The minimum Gasteiger partial charge on any atom is -0.342 e. The number of H-pyrrole nitrogens is 1. The number of nitrogens with one attached hydrogen (secondary N) is 2. The Labute approximate surface area is 142 Å². The summed E-state index contributed by atoms with van der Waals surface area (Å²) in [6.07, 6.45) is 4.91. The van der Waals surface area contributed by atoms with Crippen LogP contribution in [0.15, 0.2) is 28.5 Å². The van der Waals surface area contributed by atoms with Crippen LogP contribution in [0.1, 0.15) is 35.3 Å². The molecule has 2 aromatic heterocycles. The van der Waals surface area contributed by atoms with Crippen molar-refractivity contribution in [3.05, 3.63) is 45.3 Å². The van der Waals surface area contributed by atoms with Gasteiger partial charge in [-0.1, -0.05) is 0 Å². The third-order valence-corrected chi connectivity index (χ3v) is 4.67. The number of hydrogen-bond acceptors (Lipinski definition) is 5. The van der Waals surface area contributed by atoms with Crippen LogP contribution < -0.4 is 10.9 Å². The fraction of sp³-hybridized carbons (Fsp3) is 0.375. The van der Waals surface area contributed by atoms with Crippen molar-refractivity contribution in [3.63, 3.8) is 0 Å². The molecule has 0 radical (unpaired) electrons. The molecule has 0 aromatic carbocycles. The molecular formula is C16H18N4O3S. The predicted molar refractivity (Wildman–Crippen MR) is 91.3 cm³/mol. The molecular weight excluding hydrogens is 328 g/mol. The molecule has 0 saturated carbocycles. The average Bonchev–Trinajstić information content (AvgIpc) is 3.03. The number of hydrogen-bond donors (Lipinski definition) is 2. The van der Waals surface area contributed by atoms with Gasteiger partial charge in [-0.3, -0.25) is 19.7 Å². The Morgan fingerprint density at radius 2 is 2.04 bits per heavy atom. The number of anilines is 1. The van der Waals surface area contributed by atoms with E-state index in [1.165, 1.54) is 36.1 Å². The number of piperidine rings is 1. The first kappa shape index (κ1) is 16.4. The second-order valence-corrected chi connectivity index (χ2v) is 6.52. The minimum atomic E-state index is -0.352. The van der Waals surface area contributed by atoms with Crippen LogP contribution in [0, 0.1) is 0 Å². The number of thiazole rings is 1. The standard InChI is InChI=1S/C16H18N4O3S/c21-13-5-4-11(9-17-13)15(23)19-16-18-12(10-24-16)8-14(22)20-6-2-1-3-7-20/h4-5,9-10H,1-3,6-8H2,(H,17,21)(H,18,19,23). The molecule has 2 amide bonds. The second kappa shape index (κ2) is 7.39. The third-order valence-electron chi connectivity index (χ3n) is 3.86. The van der Waals surface area contributed by atoms with E-state index in [0.717, 1.165) is 25.9 Å². The van der Waals surface area contributed by atoms with Crippen LogP contribution in [0.4, 0.5) is 5.13 Å². The molecule has 24 heavy (non-hydrogen) atoms. The van der Waals surface area contributed by atoms with Crippen molar-refractivity contribution in [2.45, 2.75) is 25.7 Å². The van der Waals surface area contributed by atoms with Crippen molar-refractivity contribution in [1.29, 1.82) is 0 Å². The lowest BCUT2D eigenvalue weighted by Gasteiger charge is -2.26. The van der Waals surface area contributed by atoms with Crippen LogP contribution in [-0.4, -0.2) is 39.8 Å². The van der Waals surface area contributed by atoms with Gasteiger partial charge in [-0.15, -0.1) is 11.3 Å². The van der Waals surface area contributed by atoms with E-state index in [2.05, 4.69) is 15.3 Å². The number of aromatic nitrogens is 2. The molecule has 8 heteroatoms. The number of rotatable bonds is 4. The molecule has 2 N–H and O–H groups in total. The maximum atomic E-state index is 12.2. The number of likely N-dealkylation sites (tertiary alicyclic amines) is 1. The van der Waals surface area contributed by atoms with Crippen molar-refractivity contribution in [3.8, 4) is 0 Å². The van der Waals surface area contributed by atoms with Crippen molar-refractivity contribution in [2.24, 2.45) is 0 Å². The smallest absolute Gasteiger partial charge is 0.258 e. The fourth-order valence-electron chi connectivity index (χ4n) is 2.58. The van der Waals surface area contributed by atoms with E-state index in [0.29, 0.717) is 16.4 Å². The summed E-state index contributed by atoms with van der Waals surface area (Å²) in [5, 5.41) is 4.89. The Morgan fingerprint density at radius 3 is 2.75 bits per heavy atom. The molecule has 0 spiro atoms. The highest BCUT2D eigenvalue weighted by atomic mass is 32.1. The quantitative estimate of drug-likeness (QED) is 0.880. The molecule has 2 aromatic rings. The van der Waals surface area contributed by atoms with Gasteiger partial charge in [0.05, 0.1) is 17.7 Å². The fourth-order valence-corrected chi connectivity index (χ4v) is 3.28. The first-order valence-electron chi connectivity index (χ1n) is 7.84. The topological polar surface area (TPSA) is 95.2 Å². The van der Waals surface area contributed by atoms with E-state index >= 15 is 0 Å². The first-order chi connectivity index (χ1) is 11.6. The van der Waals surface area contributed by atoms with Gasteiger partial charge in [0, 0.05) is 30.7 Å². The minimum absolute atomic E-state index is 0.0820. The van der Waals surface area contributed by atoms with E-state index in [1.807, 2.05) is 4.90 Å². The van der Waals surface area contributed by atoms with Gasteiger partial charge in [-0.05, 0) is 25.3 Å². The van der Waals surface area contributed by atoms with Crippen LogP contribution in [-0.2, 0) is 11.2 Å². The Morgan fingerprint density at radius 1 is 1.25 bits per heavy atom. The van der Waals surface area contributed by atoms with Gasteiger partial charge in [0.25, 0.3) is 5.91 Å². The van der Waals surface area contributed by atoms with Crippen LogP contribution in [0.3, 0.4) is 0 Å². The largest absolute Gasteiger partial charge is 0.342 e. The van der Waals surface area contributed by atoms with Crippen molar-refractivity contribution >= 4 is 28.3 Å². The Bertz CT molecular complexity index is 772. The molecule has 3 heterocycles. The Hall–Kier alpha value is -2.48. The highest BCUT2D eigenvalue weighted by Crippen LogP contribution is 2.18. The van der Waals surface area contributed by atoms with Gasteiger partial charge < -0.3 is 9.88 Å². The molecule has 0 atom stereocenters. The summed E-state index contributed by atoms with van der Waals surface area (Å²) in [5.41, 5.74) is 0.738. The molecule has 3 rings (SSSR count). The summed E-state index contributed by atoms with van der Waals surface area (Å²) in [5.74, 6) is -0.270. The second-order valence-electron chi connectivity index (χ2n) is 5.66. The molecule has 1 fully saturated rings. The number of aromatic amines is 1. The van der Waals surface area contributed by atoms with Crippen LogP contribution >= 0.6 is 11.3 Å². The van der Waals surface area contributed by atoms with Gasteiger partial charge >= 0.3 is 0 Å². The summed E-state index contributed by atoms with van der Waals surface area (Å²) in [6, 6.07) is 2.74. The molecule has 7 nitrogen and oxygen atoms in total. The monoisotopic (exact) mass is 346 g/mol. The van der Waals surface area contributed by atoms with E-state index in [1.54, 1.807) is 5.38 Å². The molecule has 0 unspecified atom stereocenters. The lowest BCUT2D eigenvalue weighted by molar-refractivity contribution is -0.131. The van der Waals surface area contributed by atoms with Gasteiger partial charge in [0.2, 0.25) is 11.5 Å². The van der Waals surface area contributed by atoms with E-state index in [4.69, 9.17) is 0 Å². The van der Waals surface area contributed by atoms with Crippen LogP contribution in [0.25, 0.3) is 0 Å². The Balaban J connectivity index is 1.58. The zero-order valence-corrected chi connectivity index (χ0v) is 13.9. The van der Waals surface area contributed by atoms with Crippen LogP contribution in [0.5, 0.6) is 0 Å². The lowest BCUT2D eigenvalue weighted by Crippen LogP contribution is -2.36. The molecule has 0 bridgehead atoms. The SMILES string of the molecule is O=C(Nc1nc(CC(=O)N2CCCCC2)cs1)c1ccc(=O)[nH]c1. The van der Waals surface area contributed by atoms with E-state index in [-0.39, 0.29) is 23.8 Å². The van der Waals surface area contributed by atoms with Crippen LogP contribution in [0.2, 0.25) is 0 Å². The molecule has 1 aliphatic heterocycles. The number of carbonyl (C=O) groups is 2. The zero-order valence-electron chi connectivity index (χ0n) is 13.1. The summed E-state index contributed by atoms with van der Waals surface area (Å²) >= 11 is 1.28. The summed E-state index contributed by atoms with van der Waals surface area (Å²) in [7, 11) is 0. The lowest BCUT2D eigenvalue weighted by atomic mass is 10.1. The van der Waals surface area contributed by atoms with Crippen molar-refractivity contribution < 1.29 is 9.59 Å². The highest BCUT2D eigenvalue weighted by molar-refractivity contribution is 7.14. The molecule has 126 valence electrons. The molecule has 0 aliphatic carbocycles. The predicted octanol–water partition coefficient (Wildman–Crippen LogP) is 1.64. The number of nitrogens with zero attached hydrogens (tertiary/aromatic N) is 2. The maximum absolute atomic E-state index is 12.2. The molecule has 1 saturated heterocycles. The van der Waals surface area contributed by atoms with Crippen molar-refractivity contribution in [1.82, 2.24) is 14.9 Å². The highest BCUT2D eigenvalue weighted by Gasteiger charge is 2.18. The number of amides is 2. The van der Waals surface area contributed by atoms with Gasteiger partial charge in [-0.2, -0.15) is 0 Å². The Kier molecular flexibility index (Phi) is 5.05. The first-order valence-corrected chi connectivity index (χ1v) is 8.72. The summed E-state index contributed by atoms with van der Waals surface area (Å²) in [4.78, 5) is 43.9. The average molecular weight is 346 g/mol. The summed E-state index contributed by atoms with van der Waals surface area (Å²) < 4.78 is 0.